The maximum absolute atomic E-state index is 12.3. The molecule has 1 atom stereocenters. The van der Waals surface area contributed by atoms with Crippen LogP contribution in [-0.2, 0) is 9.53 Å². The molecule has 0 saturated carbocycles. The molecule has 1 rings (SSSR count). The number of hydrogen-bond acceptors (Lipinski definition) is 4. The lowest BCUT2D eigenvalue weighted by Gasteiger charge is -2.31. The van der Waals surface area contributed by atoms with Crippen LogP contribution in [0.5, 0.6) is 0 Å². The second-order valence-electron chi connectivity index (χ2n) is 5.17. The molecule has 1 unspecified atom stereocenters. The van der Waals surface area contributed by atoms with Crippen molar-refractivity contribution >= 4 is 5.97 Å². The summed E-state index contributed by atoms with van der Waals surface area (Å²) < 4.78 is 5.28. The van der Waals surface area contributed by atoms with E-state index in [0.717, 1.165) is 45.3 Å². The van der Waals surface area contributed by atoms with Gasteiger partial charge in [-0.15, -0.1) is 6.58 Å². The summed E-state index contributed by atoms with van der Waals surface area (Å²) in [4.78, 5) is 14.7. The van der Waals surface area contributed by atoms with E-state index < -0.39 is 5.54 Å². The molecule has 1 aliphatic rings. The van der Waals surface area contributed by atoms with E-state index in [2.05, 4.69) is 23.7 Å². The van der Waals surface area contributed by atoms with E-state index in [9.17, 15) is 4.79 Å². The molecule has 0 amide bonds. The third kappa shape index (κ3) is 4.62. The van der Waals surface area contributed by atoms with E-state index in [1.807, 2.05) is 6.92 Å². The monoisotopic (exact) mass is 268 g/mol. The molecule has 0 aromatic carbocycles. The molecule has 0 bridgehead atoms. The number of carbonyl (C=O) groups is 1. The summed E-state index contributed by atoms with van der Waals surface area (Å²) in [6.07, 6.45) is 5.66. The second-order valence-corrected chi connectivity index (χ2v) is 5.17. The standard InChI is InChI=1S/C15H28N2O2/c1-4-10-16-15(14(18)19-6-3)8-7-12-17(11-5-2)13-9-15/h4,16H,1,5-13H2,2-3H3. The number of carbonyl (C=O) groups excluding carboxylic acids is 1. The molecule has 110 valence electrons. The third-order valence-corrected chi connectivity index (χ3v) is 3.72. The van der Waals surface area contributed by atoms with Crippen LogP contribution in [0.1, 0.15) is 39.5 Å². The average molecular weight is 268 g/mol. The van der Waals surface area contributed by atoms with Crippen molar-refractivity contribution in [3.05, 3.63) is 12.7 Å². The first-order chi connectivity index (χ1) is 9.18. The normalized spacial score (nSPS) is 24.7. The summed E-state index contributed by atoms with van der Waals surface area (Å²) in [6, 6.07) is 0. The van der Waals surface area contributed by atoms with Crippen molar-refractivity contribution in [3.63, 3.8) is 0 Å². The van der Waals surface area contributed by atoms with Crippen LogP contribution in [0.15, 0.2) is 12.7 Å². The van der Waals surface area contributed by atoms with Crippen LogP contribution in [0.3, 0.4) is 0 Å². The number of rotatable bonds is 7. The van der Waals surface area contributed by atoms with E-state index >= 15 is 0 Å². The molecule has 0 aromatic heterocycles. The fourth-order valence-corrected chi connectivity index (χ4v) is 2.72. The van der Waals surface area contributed by atoms with Crippen LogP contribution in [0.4, 0.5) is 0 Å². The van der Waals surface area contributed by atoms with Crippen molar-refractivity contribution in [1.82, 2.24) is 10.2 Å². The van der Waals surface area contributed by atoms with E-state index in [0.29, 0.717) is 13.2 Å². The van der Waals surface area contributed by atoms with Gasteiger partial charge in [0.1, 0.15) is 5.54 Å². The first kappa shape index (κ1) is 16.2. The maximum Gasteiger partial charge on any atom is 0.326 e. The Labute approximate surface area is 117 Å². The number of likely N-dealkylation sites (tertiary alicyclic amines) is 1. The zero-order valence-electron chi connectivity index (χ0n) is 12.4. The van der Waals surface area contributed by atoms with Crippen LogP contribution >= 0.6 is 0 Å². The molecular formula is C15H28N2O2. The SMILES string of the molecule is C=CCNC1(C(=O)OCC)CCCN(CCC)CC1. The highest BCUT2D eigenvalue weighted by atomic mass is 16.5. The molecule has 1 heterocycles. The van der Waals surface area contributed by atoms with Gasteiger partial charge in [-0.25, -0.2) is 0 Å². The topological polar surface area (TPSA) is 41.6 Å². The predicted octanol–water partition coefficient (Wildman–Crippen LogP) is 1.96. The Morgan fingerprint density at radius 2 is 2.21 bits per heavy atom. The molecule has 4 heteroatoms. The lowest BCUT2D eigenvalue weighted by Crippen LogP contribution is -2.53. The first-order valence-electron chi connectivity index (χ1n) is 7.44. The fraction of sp³-hybridized carbons (Fsp3) is 0.800. The molecule has 1 saturated heterocycles. The number of ether oxygens (including phenoxy) is 1. The van der Waals surface area contributed by atoms with Gasteiger partial charge < -0.3 is 9.64 Å². The Bertz CT molecular complexity index is 294. The average Bonchev–Trinajstić information content (AvgIpc) is 2.61. The van der Waals surface area contributed by atoms with Crippen molar-refractivity contribution in [1.29, 1.82) is 0 Å². The highest BCUT2D eigenvalue weighted by Gasteiger charge is 2.40. The molecule has 0 radical (unpaired) electrons. The summed E-state index contributed by atoms with van der Waals surface area (Å²) >= 11 is 0. The highest BCUT2D eigenvalue weighted by Crippen LogP contribution is 2.24. The molecule has 4 nitrogen and oxygen atoms in total. The van der Waals surface area contributed by atoms with Crippen molar-refractivity contribution < 1.29 is 9.53 Å². The van der Waals surface area contributed by atoms with E-state index in [-0.39, 0.29) is 5.97 Å². The molecule has 0 spiro atoms. The molecular weight excluding hydrogens is 240 g/mol. The van der Waals surface area contributed by atoms with Crippen molar-refractivity contribution in [3.8, 4) is 0 Å². The lowest BCUT2D eigenvalue weighted by atomic mass is 9.90. The maximum atomic E-state index is 12.3. The van der Waals surface area contributed by atoms with Gasteiger partial charge in [-0.3, -0.25) is 10.1 Å². The summed E-state index contributed by atoms with van der Waals surface area (Å²) in [7, 11) is 0. The predicted molar refractivity (Wildman–Crippen MR) is 78.1 cm³/mol. The molecule has 0 aliphatic carbocycles. The molecule has 0 aromatic rings. The van der Waals surface area contributed by atoms with Crippen molar-refractivity contribution in [2.45, 2.75) is 45.1 Å². The smallest absolute Gasteiger partial charge is 0.326 e. The fourth-order valence-electron chi connectivity index (χ4n) is 2.72. The highest BCUT2D eigenvalue weighted by molar-refractivity contribution is 5.81. The zero-order valence-corrected chi connectivity index (χ0v) is 12.4. The Hall–Kier alpha value is -0.870. The van der Waals surface area contributed by atoms with Gasteiger partial charge in [-0.05, 0) is 45.7 Å². The van der Waals surface area contributed by atoms with Gasteiger partial charge in [-0.2, -0.15) is 0 Å². The number of nitrogens with zero attached hydrogens (tertiary/aromatic N) is 1. The summed E-state index contributed by atoms with van der Waals surface area (Å²) in [5.74, 6) is -0.102. The zero-order chi connectivity index (χ0) is 14.1. The minimum Gasteiger partial charge on any atom is -0.465 e. The van der Waals surface area contributed by atoms with Gasteiger partial charge in [-0.1, -0.05) is 13.0 Å². The summed E-state index contributed by atoms with van der Waals surface area (Å²) in [5, 5.41) is 3.35. The Kier molecular flexibility index (Phi) is 7.10. The Morgan fingerprint density at radius 1 is 1.42 bits per heavy atom. The molecule has 19 heavy (non-hydrogen) atoms. The van der Waals surface area contributed by atoms with Gasteiger partial charge >= 0.3 is 5.97 Å². The Balaban J connectivity index is 2.73. The van der Waals surface area contributed by atoms with Crippen LogP contribution in [0.25, 0.3) is 0 Å². The van der Waals surface area contributed by atoms with Crippen molar-refractivity contribution in [2.75, 3.05) is 32.8 Å². The lowest BCUT2D eigenvalue weighted by molar-refractivity contribution is -0.151. The quantitative estimate of drug-likeness (QED) is 0.566. The Morgan fingerprint density at radius 3 is 2.84 bits per heavy atom. The van der Waals surface area contributed by atoms with Crippen LogP contribution in [-0.4, -0.2) is 49.2 Å². The van der Waals surface area contributed by atoms with Crippen LogP contribution in [0, 0.1) is 0 Å². The second kappa shape index (κ2) is 8.33. The van der Waals surface area contributed by atoms with Crippen molar-refractivity contribution in [2.24, 2.45) is 0 Å². The van der Waals surface area contributed by atoms with Gasteiger partial charge in [0.05, 0.1) is 6.61 Å². The minimum atomic E-state index is -0.521. The summed E-state index contributed by atoms with van der Waals surface area (Å²) in [6.45, 7) is 12.0. The van der Waals surface area contributed by atoms with E-state index in [1.165, 1.54) is 0 Å². The largest absolute Gasteiger partial charge is 0.465 e. The first-order valence-corrected chi connectivity index (χ1v) is 7.44. The van der Waals surface area contributed by atoms with Gasteiger partial charge in [0.2, 0.25) is 0 Å². The third-order valence-electron chi connectivity index (χ3n) is 3.72. The van der Waals surface area contributed by atoms with Gasteiger partial charge in [0.15, 0.2) is 0 Å². The van der Waals surface area contributed by atoms with Gasteiger partial charge in [0, 0.05) is 13.1 Å². The van der Waals surface area contributed by atoms with E-state index in [1.54, 1.807) is 6.08 Å². The number of esters is 1. The number of nitrogens with one attached hydrogen (secondary N) is 1. The molecule has 1 aliphatic heterocycles. The van der Waals surface area contributed by atoms with Crippen LogP contribution < -0.4 is 5.32 Å². The van der Waals surface area contributed by atoms with Gasteiger partial charge in [0.25, 0.3) is 0 Å². The number of hydrogen-bond donors (Lipinski definition) is 1. The summed E-state index contributed by atoms with van der Waals surface area (Å²) in [5.41, 5.74) is -0.521. The molecule has 1 N–H and O–H groups in total. The molecule has 1 fully saturated rings. The van der Waals surface area contributed by atoms with E-state index in [4.69, 9.17) is 4.74 Å². The van der Waals surface area contributed by atoms with Crippen LogP contribution in [0.2, 0.25) is 0 Å². The minimum absolute atomic E-state index is 0.102.